The molecule has 1 aromatic rings. The molecule has 1 unspecified atom stereocenters. The Kier molecular flexibility index (Phi) is 5.35. The van der Waals surface area contributed by atoms with Gasteiger partial charge in [0.25, 0.3) is 0 Å². The standard InChI is InChI=1S/C13H23N5O/c1-10(7-14)8-15-12-6-13(17-9-16-12)18-11-2-4-19-5-3-11/h6,9-11H,2-5,7-8,14H2,1H3,(H2,15,16,17,18). The molecule has 4 N–H and O–H groups in total. The highest BCUT2D eigenvalue weighted by atomic mass is 16.5. The van der Waals surface area contributed by atoms with Crippen LogP contribution in [0.4, 0.5) is 11.6 Å². The van der Waals surface area contributed by atoms with Gasteiger partial charge in [0.15, 0.2) is 0 Å². The van der Waals surface area contributed by atoms with E-state index < -0.39 is 0 Å². The van der Waals surface area contributed by atoms with Gasteiger partial charge < -0.3 is 21.1 Å². The van der Waals surface area contributed by atoms with Crippen LogP contribution < -0.4 is 16.4 Å². The van der Waals surface area contributed by atoms with Crippen molar-refractivity contribution in [1.29, 1.82) is 0 Å². The molecule has 1 aromatic heterocycles. The Bertz CT molecular complexity index is 381. The lowest BCUT2D eigenvalue weighted by molar-refractivity contribution is 0.0904. The molecular formula is C13H23N5O. The first-order chi connectivity index (χ1) is 9.28. The Morgan fingerprint density at radius 1 is 1.37 bits per heavy atom. The Balaban J connectivity index is 1.87. The molecule has 0 aliphatic carbocycles. The first kappa shape index (κ1) is 14.0. The predicted octanol–water partition coefficient (Wildman–Crippen LogP) is 1.07. The van der Waals surface area contributed by atoms with Crippen LogP contribution in [0.5, 0.6) is 0 Å². The first-order valence-electron chi connectivity index (χ1n) is 6.88. The summed E-state index contributed by atoms with van der Waals surface area (Å²) in [4.78, 5) is 8.46. The number of hydrogen-bond acceptors (Lipinski definition) is 6. The Morgan fingerprint density at radius 3 is 2.84 bits per heavy atom. The van der Waals surface area contributed by atoms with E-state index in [4.69, 9.17) is 10.5 Å². The van der Waals surface area contributed by atoms with Crippen LogP contribution in [-0.4, -0.2) is 42.3 Å². The van der Waals surface area contributed by atoms with Crippen molar-refractivity contribution in [3.8, 4) is 0 Å². The topological polar surface area (TPSA) is 85.1 Å². The van der Waals surface area contributed by atoms with Gasteiger partial charge >= 0.3 is 0 Å². The molecule has 0 amide bonds. The number of anilines is 2. The summed E-state index contributed by atoms with van der Waals surface area (Å²) >= 11 is 0. The summed E-state index contributed by atoms with van der Waals surface area (Å²) in [6.07, 6.45) is 3.63. The van der Waals surface area contributed by atoms with Gasteiger partial charge in [-0.05, 0) is 25.3 Å². The van der Waals surface area contributed by atoms with Crippen LogP contribution in [0.1, 0.15) is 19.8 Å². The van der Waals surface area contributed by atoms with Gasteiger partial charge in [0.2, 0.25) is 0 Å². The monoisotopic (exact) mass is 265 g/mol. The van der Waals surface area contributed by atoms with Crippen LogP contribution in [0.15, 0.2) is 12.4 Å². The normalized spacial score (nSPS) is 18.0. The van der Waals surface area contributed by atoms with Crippen LogP contribution >= 0.6 is 0 Å². The molecule has 6 nitrogen and oxygen atoms in total. The number of nitrogens with two attached hydrogens (primary N) is 1. The minimum atomic E-state index is 0.432. The SMILES string of the molecule is CC(CN)CNc1cc(NC2CCOCC2)ncn1. The molecule has 19 heavy (non-hydrogen) atoms. The van der Waals surface area contributed by atoms with Crippen molar-refractivity contribution in [3.05, 3.63) is 12.4 Å². The maximum atomic E-state index is 5.59. The molecule has 1 saturated heterocycles. The zero-order valence-corrected chi connectivity index (χ0v) is 11.4. The van der Waals surface area contributed by atoms with E-state index >= 15 is 0 Å². The molecule has 2 rings (SSSR count). The lowest BCUT2D eigenvalue weighted by atomic mass is 10.1. The van der Waals surface area contributed by atoms with Crippen molar-refractivity contribution in [2.24, 2.45) is 11.7 Å². The number of aromatic nitrogens is 2. The average molecular weight is 265 g/mol. The van der Waals surface area contributed by atoms with Crippen molar-refractivity contribution in [3.63, 3.8) is 0 Å². The highest BCUT2D eigenvalue weighted by Gasteiger charge is 2.14. The minimum Gasteiger partial charge on any atom is -0.381 e. The molecule has 1 aliphatic heterocycles. The zero-order valence-electron chi connectivity index (χ0n) is 11.4. The fourth-order valence-corrected chi connectivity index (χ4v) is 1.95. The van der Waals surface area contributed by atoms with Crippen molar-refractivity contribution >= 4 is 11.6 Å². The van der Waals surface area contributed by atoms with E-state index in [0.29, 0.717) is 18.5 Å². The summed E-state index contributed by atoms with van der Waals surface area (Å²) in [5.41, 5.74) is 5.59. The second kappa shape index (κ2) is 7.25. The van der Waals surface area contributed by atoms with E-state index in [1.807, 2.05) is 6.07 Å². The third kappa shape index (κ3) is 4.65. The Hall–Kier alpha value is -1.40. The Morgan fingerprint density at radius 2 is 2.11 bits per heavy atom. The maximum absolute atomic E-state index is 5.59. The maximum Gasteiger partial charge on any atom is 0.131 e. The van der Waals surface area contributed by atoms with Gasteiger partial charge in [-0.25, -0.2) is 9.97 Å². The van der Waals surface area contributed by atoms with E-state index in [2.05, 4.69) is 27.5 Å². The predicted molar refractivity (Wildman–Crippen MR) is 76.2 cm³/mol. The number of nitrogens with one attached hydrogen (secondary N) is 2. The molecule has 1 fully saturated rings. The molecule has 6 heteroatoms. The third-order valence-electron chi connectivity index (χ3n) is 3.27. The highest BCUT2D eigenvalue weighted by Crippen LogP contribution is 2.15. The summed E-state index contributed by atoms with van der Waals surface area (Å²) in [5.74, 6) is 2.14. The average Bonchev–Trinajstić information content (AvgIpc) is 2.46. The molecule has 0 aromatic carbocycles. The van der Waals surface area contributed by atoms with E-state index in [9.17, 15) is 0 Å². The highest BCUT2D eigenvalue weighted by molar-refractivity contribution is 5.46. The summed E-state index contributed by atoms with van der Waals surface area (Å²) in [6, 6.07) is 2.39. The first-order valence-corrected chi connectivity index (χ1v) is 6.88. The van der Waals surface area contributed by atoms with Crippen LogP contribution in [0.3, 0.4) is 0 Å². The molecule has 0 bridgehead atoms. The smallest absolute Gasteiger partial charge is 0.131 e. The van der Waals surface area contributed by atoms with Gasteiger partial charge in [-0.2, -0.15) is 0 Å². The van der Waals surface area contributed by atoms with Crippen LogP contribution in [-0.2, 0) is 4.74 Å². The quantitative estimate of drug-likeness (QED) is 0.713. The van der Waals surface area contributed by atoms with Crippen LogP contribution in [0, 0.1) is 5.92 Å². The number of nitrogens with zero attached hydrogens (tertiary/aromatic N) is 2. The van der Waals surface area contributed by atoms with Gasteiger partial charge in [0, 0.05) is 31.9 Å². The summed E-state index contributed by atoms with van der Waals surface area (Å²) < 4.78 is 5.34. The summed E-state index contributed by atoms with van der Waals surface area (Å²) in [6.45, 7) is 5.24. The lowest BCUT2D eigenvalue weighted by Gasteiger charge is -2.23. The second-order valence-corrected chi connectivity index (χ2v) is 5.04. The van der Waals surface area contributed by atoms with Crippen LogP contribution in [0.25, 0.3) is 0 Å². The number of rotatable bonds is 6. The van der Waals surface area contributed by atoms with E-state index in [0.717, 1.165) is 44.2 Å². The molecule has 0 radical (unpaired) electrons. The third-order valence-corrected chi connectivity index (χ3v) is 3.27. The number of hydrogen-bond donors (Lipinski definition) is 3. The van der Waals surface area contributed by atoms with Crippen LogP contribution in [0.2, 0.25) is 0 Å². The lowest BCUT2D eigenvalue weighted by Crippen LogP contribution is -2.28. The van der Waals surface area contributed by atoms with Crippen molar-refractivity contribution < 1.29 is 4.74 Å². The zero-order chi connectivity index (χ0) is 13.5. The summed E-state index contributed by atoms with van der Waals surface area (Å²) in [7, 11) is 0. The second-order valence-electron chi connectivity index (χ2n) is 5.04. The summed E-state index contributed by atoms with van der Waals surface area (Å²) in [5, 5.41) is 6.70. The van der Waals surface area contributed by atoms with Crippen molar-refractivity contribution in [1.82, 2.24) is 9.97 Å². The molecule has 1 aliphatic rings. The largest absolute Gasteiger partial charge is 0.381 e. The fraction of sp³-hybridized carbons (Fsp3) is 0.692. The molecule has 2 heterocycles. The van der Waals surface area contributed by atoms with E-state index in [1.165, 1.54) is 0 Å². The molecule has 0 saturated carbocycles. The van der Waals surface area contributed by atoms with E-state index in [1.54, 1.807) is 6.33 Å². The Labute approximate surface area is 114 Å². The van der Waals surface area contributed by atoms with Gasteiger partial charge in [0.1, 0.15) is 18.0 Å². The minimum absolute atomic E-state index is 0.432. The van der Waals surface area contributed by atoms with Gasteiger partial charge in [-0.15, -0.1) is 0 Å². The van der Waals surface area contributed by atoms with Crippen molar-refractivity contribution in [2.75, 3.05) is 36.9 Å². The number of ether oxygens (including phenoxy) is 1. The van der Waals surface area contributed by atoms with E-state index in [-0.39, 0.29) is 0 Å². The van der Waals surface area contributed by atoms with Gasteiger partial charge in [-0.3, -0.25) is 0 Å². The van der Waals surface area contributed by atoms with Gasteiger partial charge in [0.05, 0.1) is 0 Å². The molecular weight excluding hydrogens is 242 g/mol. The fourth-order valence-electron chi connectivity index (χ4n) is 1.95. The molecule has 0 spiro atoms. The molecule has 1 atom stereocenters. The van der Waals surface area contributed by atoms with Gasteiger partial charge in [-0.1, -0.05) is 6.92 Å². The van der Waals surface area contributed by atoms with Crippen molar-refractivity contribution in [2.45, 2.75) is 25.8 Å². The molecule has 106 valence electrons.